The van der Waals surface area contributed by atoms with E-state index in [9.17, 15) is 0 Å². The first-order valence-electron chi connectivity index (χ1n) is 8.22. The summed E-state index contributed by atoms with van der Waals surface area (Å²) in [5.41, 5.74) is 0. The van der Waals surface area contributed by atoms with Gasteiger partial charge in [0, 0.05) is 13.1 Å². The number of nitrogens with zero attached hydrogens (tertiary/aromatic N) is 2. The Morgan fingerprint density at radius 3 is 2.39 bits per heavy atom. The highest BCUT2D eigenvalue weighted by Crippen LogP contribution is 2.07. The summed E-state index contributed by atoms with van der Waals surface area (Å²) in [6.07, 6.45) is 0. The number of para-hydroxylation sites is 1. The Bertz CT molecular complexity index is 410. The number of likely N-dealkylation sites (N-methyl/N-ethyl adjacent to an activating group) is 1. The van der Waals surface area contributed by atoms with E-state index in [-0.39, 0.29) is 24.0 Å². The molecule has 2 N–H and O–H groups in total. The number of ether oxygens (including phenoxy) is 1. The molecule has 0 fully saturated rings. The molecular weight excluding hydrogens is 403 g/mol. The SMILES string of the molecule is CCNC(=NCCN(CC)CC)NCCOc1ccccc1.I. The minimum absolute atomic E-state index is 0. The molecule has 0 atom stereocenters. The van der Waals surface area contributed by atoms with E-state index < -0.39 is 0 Å². The lowest BCUT2D eigenvalue weighted by molar-refractivity contribution is 0.312. The molecule has 0 spiro atoms. The van der Waals surface area contributed by atoms with Gasteiger partial charge >= 0.3 is 0 Å². The fourth-order valence-corrected chi connectivity index (χ4v) is 2.04. The number of aliphatic imine (C=N–C) groups is 1. The largest absolute Gasteiger partial charge is 0.492 e. The van der Waals surface area contributed by atoms with Crippen LogP contribution in [0.5, 0.6) is 5.75 Å². The highest BCUT2D eigenvalue weighted by Gasteiger charge is 2.00. The maximum absolute atomic E-state index is 5.66. The second-order valence-electron chi connectivity index (χ2n) is 4.88. The zero-order valence-electron chi connectivity index (χ0n) is 14.5. The highest BCUT2D eigenvalue weighted by atomic mass is 127. The van der Waals surface area contributed by atoms with Crippen molar-refractivity contribution in [2.75, 3.05) is 45.9 Å². The summed E-state index contributed by atoms with van der Waals surface area (Å²) in [6.45, 7) is 12.6. The Balaban J connectivity index is 0.00000484. The van der Waals surface area contributed by atoms with Gasteiger partial charge in [-0.05, 0) is 32.1 Å². The van der Waals surface area contributed by atoms with Crippen molar-refractivity contribution in [3.8, 4) is 5.75 Å². The standard InChI is InChI=1S/C17H30N4O.HI/c1-4-18-17(19-12-14-21(5-2)6-3)20-13-15-22-16-10-8-7-9-11-16;/h7-11H,4-6,12-15H2,1-3H3,(H2,18,19,20);1H. The first kappa shape index (κ1) is 22.0. The molecule has 132 valence electrons. The Labute approximate surface area is 157 Å². The molecule has 0 aliphatic heterocycles. The maximum Gasteiger partial charge on any atom is 0.191 e. The van der Waals surface area contributed by atoms with Crippen molar-refractivity contribution in [1.82, 2.24) is 15.5 Å². The van der Waals surface area contributed by atoms with Crippen LogP contribution in [0.2, 0.25) is 0 Å². The number of hydrogen-bond acceptors (Lipinski definition) is 3. The molecule has 0 heterocycles. The van der Waals surface area contributed by atoms with Crippen molar-refractivity contribution in [3.05, 3.63) is 30.3 Å². The quantitative estimate of drug-likeness (QED) is 0.257. The van der Waals surface area contributed by atoms with Gasteiger partial charge in [-0.15, -0.1) is 24.0 Å². The molecule has 0 unspecified atom stereocenters. The number of hydrogen-bond donors (Lipinski definition) is 2. The number of rotatable bonds is 10. The van der Waals surface area contributed by atoms with E-state index in [2.05, 4.69) is 41.3 Å². The monoisotopic (exact) mass is 434 g/mol. The predicted molar refractivity (Wildman–Crippen MR) is 109 cm³/mol. The van der Waals surface area contributed by atoms with Crippen molar-refractivity contribution < 1.29 is 4.74 Å². The molecule has 0 aliphatic carbocycles. The van der Waals surface area contributed by atoms with Crippen LogP contribution < -0.4 is 15.4 Å². The van der Waals surface area contributed by atoms with Crippen LogP contribution in [0.4, 0.5) is 0 Å². The maximum atomic E-state index is 5.66. The zero-order chi connectivity index (χ0) is 16.0. The lowest BCUT2D eigenvalue weighted by Gasteiger charge is -2.17. The second kappa shape index (κ2) is 14.6. The van der Waals surface area contributed by atoms with Crippen molar-refractivity contribution >= 4 is 29.9 Å². The molecular formula is C17H31IN4O. The molecule has 6 heteroatoms. The summed E-state index contributed by atoms with van der Waals surface area (Å²) >= 11 is 0. The summed E-state index contributed by atoms with van der Waals surface area (Å²) < 4.78 is 5.66. The fraction of sp³-hybridized carbons (Fsp3) is 0.588. The average molecular weight is 434 g/mol. The summed E-state index contributed by atoms with van der Waals surface area (Å²) in [7, 11) is 0. The van der Waals surface area contributed by atoms with Gasteiger partial charge in [-0.25, -0.2) is 0 Å². The highest BCUT2D eigenvalue weighted by molar-refractivity contribution is 14.0. The lowest BCUT2D eigenvalue weighted by atomic mass is 10.3. The molecule has 0 bridgehead atoms. The van der Waals surface area contributed by atoms with Crippen LogP contribution in [0, 0.1) is 0 Å². The van der Waals surface area contributed by atoms with Gasteiger partial charge in [-0.1, -0.05) is 32.0 Å². The first-order chi connectivity index (χ1) is 10.8. The summed E-state index contributed by atoms with van der Waals surface area (Å²) in [4.78, 5) is 6.96. The van der Waals surface area contributed by atoms with Crippen LogP contribution in [-0.2, 0) is 0 Å². The van der Waals surface area contributed by atoms with E-state index in [1.165, 1.54) is 0 Å². The molecule has 1 aromatic rings. The van der Waals surface area contributed by atoms with E-state index in [0.717, 1.165) is 51.0 Å². The van der Waals surface area contributed by atoms with Gasteiger partial charge in [0.15, 0.2) is 5.96 Å². The van der Waals surface area contributed by atoms with E-state index in [1.807, 2.05) is 30.3 Å². The lowest BCUT2D eigenvalue weighted by Crippen LogP contribution is -2.40. The Kier molecular flexibility index (Phi) is 13.9. The van der Waals surface area contributed by atoms with E-state index in [0.29, 0.717) is 6.61 Å². The molecule has 0 radical (unpaired) electrons. The molecule has 23 heavy (non-hydrogen) atoms. The normalized spacial score (nSPS) is 11.0. The molecule has 5 nitrogen and oxygen atoms in total. The van der Waals surface area contributed by atoms with Crippen molar-refractivity contribution in [1.29, 1.82) is 0 Å². The van der Waals surface area contributed by atoms with Gasteiger partial charge in [0.05, 0.1) is 13.1 Å². The van der Waals surface area contributed by atoms with E-state index in [4.69, 9.17) is 4.74 Å². The van der Waals surface area contributed by atoms with Crippen LogP contribution >= 0.6 is 24.0 Å². The van der Waals surface area contributed by atoms with Crippen LogP contribution in [0.3, 0.4) is 0 Å². The van der Waals surface area contributed by atoms with Gasteiger partial charge in [0.25, 0.3) is 0 Å². The first-order valence-corrected chi connectivity index (χ1v) is 8.22. The summed E-state index contributed by atoms with van der Waals surface area (Å²) in [6, 6.07) is 9.85. The predicted octanol–water partition coefficient (Wildman–Crippen LogP) is 2.58. The van der Waals surface area contributed by atoms with Crippen molar-refractivity contribution in [2.45, 2.75) is 20.8 Å². The van der Waals surface area contributed by atoms with Gasteiger partial charge < -0.3 is 20.3 Å². The van der Waals surface area contributed by atoms with Crippen LogP contribution in [0.15, 0.2) is 35.3 Å². The third kappa shape index (κ3) is 10.4. The summed E-state index contributed by atoms with van der Waals surface area (Å²) in [5.74, 6) is 1.75. The minimum Gasteiger partial charge on any atom is -0.492 e. The number of benzene rings is 1. The molecule has 1 rings (SSSR count). The molecule has 0 amide bonds. The third-order valence-corrected chi connectivity index (χ3v) is 3.33. The Morgan fingerprint density at radius 2 is 1.78 bits per heavy atom. The number of halogens is 1. The van der Waals surface area contributed by atoms with E-state index in [1.54, 1.807) is 0 Å². The topological polar surface area (TPSA) is 48.9 Å². The van der Waals surface area contributed by atoms with Crippen LogP contribution in [0.25, 0.3) is 0 Å². The van der Waals surface area contributed by atoms with E-state index >= 15 is 0 Å². The van der Waals surface area contributed by atoms with Gasteiger partial charge in [0.2, 0.25) is 0 Å². The fourth-order valence-electron chi connectivity index (χ4n) is 2.04. The smallest absolute Gasteiger partial charge is 0.191 e. The van der Waals surface area contributed by atoms with Crippen molar-refractivity contribution in [2.24, 2.45) is 4.99 Å². The van der Waals surface area contributed by atoms with Gasteiger partial charge in [0.1, 0.15) is 12.4 Å². The average Bonchev–Trinajstić information content (AvgIpc) is 2.56. The molecule has 0 aliphatic rings. The Hall–Kier alpha value is -1.02. The van der Waals surface area contributed by atoms with Crippen molar-refractivity contribution in [3.63, 3.8) is 0 Å². The van der Waals surface area contributed by atoms with Gasteiger partial charge in [-0.3, -0.25) is 4.99 Å². The minimum atomic E-state index is 0. The number of guanidine groups is 1. The third-order valence-electron chi connectivity index (χ3n) is 3.33. The van der Waals surface area contributed by atoms with Gasteiger partial charge in [-0.2, -0.15) is 0 Å². The summed E-state index contributed by atoms with van der Waals surface area (Å²) in [5, 5.41) is 6.55. The van der Waals surface area contributed by atoms with Crippen LogP contribution in [0.1, 0.15) is 20.8 Å². The molecule has 0 saturated carbocycles. The number of nitrogens with one attached hydrogen (secondary N) is 2. The molecule has 0 saturated heterocycles. The second-order valence-corrected chi connectivity index (χ2v) is 4.88. The Morgan fingerprint density at radius 1 is 1.09 bits per heavy atom. The van der Waals surface area contributed by atoms with Crippen LogP contribution in [-0.4, -0.2) is 56.7 Å². The molecule has 0 aromatic heterocycles. The molecule has 1 aromatic carbocycles. The zero-order valence-corrected chi connectivity index (χ0v) is 16.9.